The van der Waals surface area contributed by atoms with Gasteiger partial charge in [0.05, 0.1) is 17.6 Å². The van der Waals surface area contributed by atoms with E-state index in [0.29, 0.717) is 17.9 Å². The summed E-state index contributed by atoms with van der Waals surface area (Å²) in [5.74, 6) is -1.47. The lowest BCUT2D eigenvalue weighted by Crippen LogP contribution is -2.34. The van der Waals surface area contributed by atoms with Crippen LogP contribution >= 0.6 is 0 Å². The van der Waals surface area contributed by atoms with Gasteiger partial charge in [0, 0.05) is 18.5 Å². The highest BCUT2D eigenvalue weighted by Gasteiger charge is 2.22. The van der Waals surface area contributed by atoms with Gasteiger partial charge in [-0.15, -0.1) is 0 Å². The number of hydrogen-bond acceptors (Lipinski definition) is 6. The van der Waals surface area contributed by atoms with Crippen LogP contribution in [0.3, 0.4) is 0 Å². The lowest BCUT2D eigenvalue weighted by molar-refractivity contribution is -0.385. The van der Waals surface area contributed by atoms with Gasteiger partial charge in [-0.1, -0.05) is 31.2 Å². The van der Waals surface area contributed by atoms with Crippen LogP contribution in [0, 0.1) is 10.1 Å². The van der Waals surface area contributed by atoms with Crippen molar-refractivity contribution in [2.75, 3.05) is 6.61 Å². The van der Waals surface area contributed by atoms with E-state index in [9.17, 15) is 24.8 Å². The van der Waals surface area contributed by atoms with Crippen LogP contribution in [-0.4, -0.2) is 23.4 Å². The van der Waals surface area contributed by atoms with Crippen molar-refractivity contribution in [1.29, 1.82) is 0 Å². The molecule has 0 saturated carbocycles. The maximum absolute atomic E-state index is 12.5. The number of rotatable bonds is 9. The molecule has 0 aliphatic carbocycles. The van der Waals surface area contributed by atoms with Gasteiger partial charge < -0.3 is 20.0 Å². The van der Waals surface area contributed by atoms with Gasteiger partial charge in [0.2, 0.25) is 0 Å². The molecule has 27 heavy (non-hydrogen) atoms. The van der Waals surface area contributed by atoms with Crippen molar-refractivity contribution in [3.8, 4) is 5.75 Å². The Morgan fingerprint density at radius 2 is 1.81 bits per heavy atom. The minimum absolute atomic E-state index is 0.145. The van der Waals surface area contributed by atoms with Crippen molar-refractivity contribution in [3.63, 3.8) is 0 Å². The van der Waals surface area contributed by atoms with E-state index in [4.69, 9.17) is 4.74 Å². The summed E-state index contributed by atoms with van der Waals surface area (Å²) in [6.45, 7) is 2.53. The van der Waals surface area contributed by atoms with Gasteiger partial charge in [-0.25, -0.2) is 0 Å². The van der Waals surface area contributed by atoms with E-state index in [2.05, 4.69) is 5.32 Å². The highest BCUT2D eigenvalue weighted by Crippen LogP contribution is 2.23. The maximum atomic E-state index is 12.5. The average molecular weight is 371 g/mol. The van der Waals surface area contributed by atoms with Crippen LogP contribution < -0.4 is 15.2 Å². The summed E-state index contributed by atoms with van der Waals surface area (Å²) in [4.78, 5) is 34.0. The molecule has 142 valence electrons. The number of benzene rings is 2. The Morgan fingerprint density at radius 1 is 1.15 bits per heavy atom. The molecule has 8 heteroatoms. The Balaban J connectivity index is 2.23. The second-order valence-corrected chi connectivity index (χ2v) is 5.79. The van der Waals surface area contributed by atoms with Crippen LogP contribution in [0.1, 0.15) is 41.7 Å². The molecule has 2 aromatic carbocycles. The molecule has 0 aliphatic rings. The molecule has 0 spiro atoms. The molecule has 0 bridgehead atoms. The molecule has 0 aliphatic heterocycles. The smallest absolute Gasteiger partial charge is 0.282 e. The van der Waals surface area contributed by atoms with E-state index in [1.165, 1.54) is 24.3 Å². The monoisotopic (exact) mass is 371 g/mol. The summed E-state index contributed by atoms with van der Waals surface area (Å²) in [7, 11) is 0. The summed E-state index contributed by atoms with van der Waals surface area (Å²) in [5, 5.41) is 24.7. The number of para-hydroxylation sites is 1. The van der Waals surface area contributed by atoms with Gasteiger partial charge in [0.25, 0.3) is 11.6 Å². The molecule has 0 heterocycles. The van der Waals surface area contributed by atoms with Crippen molar-refractivity contribution in [3.05, 3.63) is 69.8 Å². The number of amides is 1. The molecule has 8 nitrogen and oxygen atoms in total. The first-order valence-corrected chi connectivity index (χ1v) is 8.39. The third-order valence-corrected chi connectivity index (χ3v) is 3.78. The van der Waals surface area contributed by atoms with Crippen molar-refractivity contribution < 1.29 is 24.4 Å². The Morgan fingerprint density at radius 3 is 2.41 bits per heavy atom. The van der Waals surface area contributed by atoms with E-state index in [-0.39, 0.29) is 11.3 Å². The molecular formula is C19H19N2O6-. The maximum Gasteiger partial charge on any atom is 0.282 e. The van der Waals surface area contributed by atoms with Crippen LogP contribution in [0.25, 0.3) is 0 Å². The topological polar surface area (TPSA) is 122 Å². The summed E-state index contributed by atoms with van der Waals surface area (Å²) >= 11 is 0. The molecule has 1 N–H and O–H groups in total. The van der Waals surface area contributed by atoms with Gasteiger partial charge in [-0.3, -0.25) is 14.9 Å². The lowest BCUT2D eigenvalue weighted by Gasteiger charge is -2.20. The van der Waals surface area contributed by atoms with Crippen molar-refractivity contribution in [2.24, 2.45) is 0 Å². The van der Waals surface area contributed by atoms with E-state index in [1.54, 1.807) is 24.3 Å². The summed E-state index contributed by atoms with van der Waals surface area (Å²) in [6, 6.07) is 11.2. The number of nitrogens with one attached hydrogen (secondary N) is 1. The quantitative estimate of drug-likeness (QED) is 0.531. The fourth-order valence-corrected chi connectivity index (χ4v) is 2.50. The first kappa shape index (κ1) is 19.9. The van der Waals surface area contributed by atoms with E-state index in [0.717, 1.165) is 6.42 Å². The number of hydrogen-bond donors (Lipinski definition) is 1. The second kappa shape index (κ2) is 9.33. The average Bonchev–Trinajstić information content (AvgIpc) is 2.65. The van der Waals surface area contributed by atoms with Crippen LogP contribution in [0.15, 0.2) is 48.5 Å². The molecule has 0 radical (unpaired) electrons. The number of carboxylic acids is 1. The minimum atomic E-state index is -1.35. The minimum Gasteiger partial charge on any atom is -0.550 e. The molecule has 0 saturated heterocycles. The highest BCUT2D eigenvalue weighted by molar-refractivity contribution is 5.98. The molecule has 0 aromatic heterocycles. The van der Waals surface area contributed by atoms with Crippen LogP contribution in [0.4, 0.5) is 5.69 Å². The SMILES string of the molecule is CCCOc1ccc([C@@H](CC(=O)[O-])NC(=O)c2ccccc2[N+](=O)[O-])cc1. The summed E-state index contributed by atoms with van der Waals surface area (Å²) in [6.07, 6.45) is 0.377. The van der Waals surface area contributed by atoms with Crippen LogP contribution in [0.5, 0.6) is 5.75 Å². The molecule has 0 unspecified atom stereocenters. The van der Waals surface area contributed by atoms with Crippen molar-refractivity contribution >= 4 is 17.6 Å². The Hall–Kier alpha value is -3.42. The van der Waals surface area contributed by atoms with Gasteiger partial charge in [0.1, 0.15) is 11.3 Å². The Labute approximate surface area is 155 Å². The largest absolute Gasteiger partial charge is 0.550 e. The normalized spacial score (nSPS) is 11.4. The third kappa shape index (κ3) is 5.53. The fraction of sp³-hybridized carbons (Fsp3) is 0.263. The summed E-state index contributed by atoms with van der Waals surface area (Å²) in [5.41, 5.74) is 0.0224. The van der Waals surface area contributed by atoms with Gasteiger partial charge in [-0.05, 0) is 30.2 Å². The van der Waals surface area contributed by atoms with Crippen molar-refractivity contribution in [1.82, 2.24) is 5.32 Å². The Kier molecular flexibility index (Phi) is 6.87. The van der Waals surface area contributed by atoms with E-state index < -0.39 is 29.3 Å². The molecule has 2 aromatic rings. The highest BCUT2D eigenvalue weighted by atomic mass is 16.6. The van der Waals surface area contributed by atoms with E-state index >= 15 is 0 Å². The lowest BCUT2D eigenvalue weighted by atomic mass is 10.0. The number of aliphatic carboxylic acids is 1. The third-order valence-electron chi connectivity index (χ3n) is 3.78. The molecule has 1 amide bonds. The first-order valence-electron chi connectivity index (χ1n) is 8.39. The number of carboxylic acid groups (broad SMARTS) is 1. The fourth-order valence-electron chi connectivity index (χ4n) is 2.50. The van der Waals surface area contributed by atoms with Crippen molar-refractivity contribution in [2.45, 2.75) is 25.8 Å². The zero-order valence-corrected chi connectivity index (χ0v) is 14.7. The van der Waals surface area contributed by atoms with Gasteiger partial charge >= 0.3 is 0 Å². The molecule has 0 fully saturated rings. The first-order chi connectivity index (χ1) is 12.9. The molecule has 1 atom stereocenters. The van der Waals surface area contributed by atoms with Gasteiger partial charge in [-0.2, -0.15) is 0 Å². The van der Waals surface area contributed by atoms with Gasteiger partial charge in [0.15, 0.2) is 0 Å². The summed E-state index contributed by atoms with van der Waals surface area (Å²) < 4.78 is 5.47. The molecular weight excluding hydrogens is 352 g/mol. The number of nitrogens with zero attached hydrogens (tertiary/aromatic N) is 1. The van der Waals surface area contributed by atoms with E-state index in [1.807, 2.05) is 6.92 Å². The zero-order valence-electron chi connectivity index (χ0n) is 14.7. The predicted octanol–water partition coefficient (Wildman–Crippen LogP) is 1.99. The second-order valence-electron chi connectivity index (χ2n) is 5.79. The number of nitro groups is 1. The standard InChI is InChI=1S/C19H20N2O6/c1-2-11-27-14-9-7-13(8-10-14)16(12-18(22)23)20-19(24)15-5-3-4-6-17(15)21(25)26/h3-10,16H,2,11-12H2,1H3,(H,20,24)(H,22,23)/p-1/t16-/m1/s1. The predicted molar refractivity (Wildman–Crippen MR) is 95.2 cm³/mol. The Bertz CT molecular complexity index is 819. The number of carbonyl (C=O) groups excluding carboxylic acids is 2. The van der Waals surface area contributed by atoms with Crippen LogP contribution in [0.2, 0.25) is 0 Å². The van der Waals surface area contributed by atoms with Crippen LogP contribution in [-0.2, 0) is 4.79 Å². The number of nitro benzene ring substituents is 1. The molecule has 2 rings (SSSR count). The zero-order chi connectivity index (χ0) is 19.8. The number of carbonyl (C=O) groups is 2. The number of ether oxygens (including phenoxy) is 1.